The molecule has 1 aromatic carbocycles. The molecular formula is C19H32N2O2. The molecule has 0 aliphatic rings. The number of ether oxygens (including phenoxy) is 1. The summed E-state index contributed by atoms with van der Waals surface area (Å²) in [6.07, 6.45) is 6.93. The monoisotopic (exact) mass is 320 g/mol. The molecule has 1 rings (SSSR count). The summed E-state index contributed by atoms with van der Waals surface area (Å²) < 4.78 is 5.72. The third kappa shape index (κ3) is 9.36. The van der Waals surface area contributed by atoms with Crippen molar-refractivity contribution in [3.63, 3.8) is 0 Å². The molecule has 0 bridgehead atoms. The summed E-state index contributed by atoms with van der Waals surface area (Å²) in [7, 11) is 0. The molecule has 23 heavy (non-hydrogen) atoms. The van der Waals surface area contributed by atoms with Gasteiger partial charge in [0.15, 0.2) is 0 Å². The average molecular weight is 320 g/mol. The lowest BCUT2D eigenvalue weighted by Crippen LogP contribution is -2.43. The SMILES string of the molecule is CCCCCCC(C)OCCNC(=O)[C@@H](N)Cc1ccccc1. The fraction of sp³-hybridized carbons (Fsp3) is 0.632. The number of nitrogens with one attached hydrogen (secondary N) is 1. The second-order valence-electron chi connectivity index (χ2n) is 6.12. The molecule has 1 amide bonds. The van der Waals surface area contributed by atoms with Gasteiger partial charge in [0, 0.05) is 6.54 Å². The van der Waals surface area contributed by atoms with Crippen molar-refractivity contribution in [3.8, 4) is 0 Å². The number of rotatable bonds is 12. The van der Waals surface area contributed by atoms with Crippen LogP contribution in [0.3, 0.4) is 0 Å². The first-order valence-electron chi connectivity index (χ1n) is 8.82. The predicted molar refractivity (Wildman–Crippen MR) is 95.3 cm³/mol. The topological polar surface area (TPSA) is 64.3 Å². The predicted octanol–water partition coefficient (Wildman–Crippen LogP) is 3.05. The van der Waals surface area contributed by atoms with Crippen LogP contribution in [0.25, 0.3) is 0 Å². The smallest absolute Gasteiger partial charge is 0.237 e. The minimum absolute atomic E-state index is 0.118. The Hall–Kier alpha value is -1.39. The highest BCUT2D eigenvalue weighted by Gasteiger charge is 2.13. The Morgan fingerprint density at radius 2 is 1.96 bits per heavy atom. The Labute approximate surface area is 140 Å². The molecule has 0 saturated carbocycles. The molecule has 0 fully saturated rings. The number of nitrogens with two attached hydrogens (primary N) is 1. The van der Waals surface area contributed by atoms with Gasteiger partial charge in [-0.3, -0.25) is 4.79 Å². The van der Waals surface area contributed by atoms with Crippen molar-refractivity contribution in [2.75, 3.05) is 13.2 Å². The lowest BCUT2D eigenvalue weighted by molar-refractivity contribution is -0.122. The Morgan fingerprint density at radius 3 is 2.65 bits per heavy atom. The summed E-state index contributed by atoms with van der Waals surface area (Å²) in [4.78, 5) is 11.9. The fourth-order valence-electron chi connectivity index (χ4n) is 2.47. The number of unbranched alkanes of at least 4 members (excludes halogenated alkanes) is 3. The summed E-state index contributed by atoms with van der Waals surface area (Å²) in [5.74, 6) is -0.118. The summed E-state index contributed by atoms with van der Waals surface area (Å²) in [6.45, 7) is 5.36. The van der Waals surface area contributed by atoms with Crippen molar-refractivity contribution in [3.05, 3.63) is 35.9 Å². The van der Waals surface area contributed by atoms with E-state index in [9.17, 15) is 4.79 Å². The van der Waals surface area contributed by atoms with E-state index in [0.717, 1.165) is 12.0 Å². The quantitative estimate of drug-likeness (QED) is 0.582. The standard InChI is InChI=1S/C19H32N2O2/c1-3-4-5-7-10-16(2)23-14-13-21-19(22)18(20)15-17-11-8-6-9-12-17/h6,8-9,11-12,16,18H,3-5,7,10,13-15,20H2,1-2H3,(H,21,22)/t16?,18-/m0/s1. The van der Waals surface area contributed by atoms with E-state index in [0.29, 0.717) is 19.6 Å². The van der Waals surface area contributed by atoms with Gasteiger partial charge in [-0.15, -0.1) is 0 Å². The number of carbonyl (C=O) groups is 1. The molecule has 0 aromatic heterocycles. The third-order valence-electron chi connectivity index (χ3n) is 3.90. The van der Waals surface area contributed by atoms with Gasteiger partial charge in [-0.05, 0) is 25.3 Å². The Kier molecular flexibility index (Phi) is 10.3. The lowest BCUT2D eigenvalue weighted by atomic mass is 10.1. The van der Waals surface area contributed by atoms with Crippen LogP contribution >= 0.6 is 0 Å². The number of hydrogen-bond donors (Lipinski definition) is 2. The van der Waals surface area contributed by atoms with Gasteiger partial charge in [0.05, 0.1) is 18.8 Å². The number of amides is 1. The molecule has 3 N–H and O–H groups in total. The van der Waals surface area contributed by atoms with E-state index in [1.165, 1.54) is 25.7 Å². The second-order valence-corrected chi connectivity index (χ2v) is 6.12. The first-order valence-corrected chi connectivity index (χ1v) is 8.82. The normalized spacial score (nSPS) is 13.5. The van der Waals surface area contributed by atoms with Crippen molar-refractivity contribution in [1.29, 1.82) is 0 Å². The molecule has 130 valence electrons. The molecule has 1 unspecified atom stereocenters. The van der Waals surface area contributed by atoms with Crippen LogP contribution in [0.2, 0.25) is 0 Å². The molecule has 4 heteroatoms. The fourth-order valence-corrected chi connectivity index (χ4v) is 2.47. The molecule has 0 saturated heterocycles. The molecule has 0 spiro atoms. The maximum atomic E-state index is 11.9. The van der Waals surface area contributed by atoms with Gasteiger partial charge in [-0.1, -0.05) is 62.9 Å². The van der Waals surface area contributed by atoms with Crippen LogP contribution in [-0.2, 0) is 16.0 Å². The van der Waals surface area contributed by atoms with Gasteiger partial charge in [-0.2, -0.15) is 0 Å². The molecule has 0 aliphatic heterocycles. The van der Waals surface area contributed by atoms with Crippen molar-refractivity contribution in [2.45, 2.75) is 64.5 Å². The third-order valence-corrected chi connectivity index (χ3v) is 3.90. The van der Waals surface area contributed by atoms with Crippen LogP contribution in [0.4, 0.5) is 0 Å². The summed E-state index contributed by atoms with van der Waals surface area (Å²) >= 11 is 0. The molecule has 0 heterocycles. The largest absolute Gasteiger partial charge is 0.377 e. The minimum Gasteiger partial charge on any atom is -0.377 e. The molecule has 2 atom stereocenters. The number of benzene rings is 1. The first kappa shape index (κ1) is 19.7. The maximum absolute atomic E-state index is 11.9. The second kappa shape index (κ2) is 12.1. The van der Waals surface area contributed by atoms with Crippen LogP contribution in [0.15, 0.2) is 30.3 Å². The highest BCUT2D eigenvalue weighted by molar-refractivity contribution is 5.81. The zero-order valence-corrected chi connectivity index (χ0v) is 14.6. The van der Waals surface area contributed by atoms with Crippen LogP contribution in [0, 0.1) is 0 Å². The van der Waals surface area contributed by atoms with Gasteiger partial charge in [-0.25, -0.2) is 0 Å². The number of hydrogen-bond acceptors (Lipinski definition) is 3. The van der Waals surface area contributed by atoms with Gasteiger partial charge in [0.2, 0.25) is 5.91 Å². The van der Waals surface area contributed by atoms with E-state index in [2.05, 4.69) is 19.2 Å². The Balaban J connectivity index is 2.09. The van der Waals surface area contributed by atoms with Crippen molar-refractivity contribution in [2.24, 2.45) is 5.73 Å². The first-order chi connectivity index (χ1) is 11.1. The van der Waals surface area contributed by atoms with Crippen LogP contribution in [0.5, 0.6) is 0 Å². The summed E-state index contributed by atoms with van der Waals surface area (Å²) in [6, 6.07) is 9.32. The van der Waals surface area contributed by atoms with Crippen molar-refractivity contribution >= 4 is 5.91 Å². The highest BCUT2D eigenvalue weighted by Crippen LogP contribution is 2.07. The maximum Gasteiger partial charge on any atom is 0.237 e. The molecule has 0 aliphatic carbocycles. The van der Waals surface area contributed by atoms with E-state index in [1.54, 1.807) is 0 Å². The minimum atomic E-state index is -0.510. The van der Waals surface area contributed by atoms with Crippen molar-refractivity contribution < 1.29 is 9.53 Å². The summed E-state index contributed by atoms with van der Waals surface area (Å²) in [5.41, 5.74) is 7.01. The summed E-state index contributed by atoms with van der Waals surface area (Å²) in [5, 5.41) is 2.85. The Bertz CT molecular complexity index is 423. The van der Waals surface area contributed by atoms with Gasteiger partial charge in [0.25, 0.3) is 0 Å². The Morgan fingerprint density at radius 1 is 1.22 bits per heavy atom. The zero-order chi connectivity index (χ0) is 16.9. The molecule has 0 radical (unpaired) electrons. The molecule has 4 nitrogen and oxygen atoms in total. The van der Waals surface area contributed by atoms with E-state index >= 15 is 0 Å². The van der Waals surface area contributed by atoms with Gasteiger partial charge in [0.1, 0.15) is 0 Å². The van der Waals surface area contributed by atoms with Crippen molar-refractivity contribution in [1.82, 2.24) is 5.32 Å². The zero-order valence-electron chi connectivity index (χ0n) is 14.6. The van der Waals surface area contributed by atoms with E-state index in [1.807, 2.05) is 30.3 Å². The molecular weight excluding hydrogens is 288 g/mol. The number of carbonyl (C=O) groups excluding carboxylic acids is 1. The average Bonchev–Trinajstić information content (AvgIpc) is 2.56. The highest BCUT2D eigenvalue weighted by atomic mass is 16.5. The van der Waals surface area contributed by atoms with E-state index in [-0.39, 0.29) is 12.0 Å². The lowest BCUT2D eigenvalue weighted by Gasteiger charge is -2.15. The van der Waals surface area contributed by atoms with Gasteiger partial charge >= 0.3 is 0 Å². The van der Waals surface area contributed by atoms with E-state index in [4.69, 9.17) is 10.5 Å². The van der Waals surface area contributed by atoms with E-state index < -0.39 is 6.04 Å². The van der Waals surface area contributed by atoms with Crippen LogP contribution in [-0.4, -0.2) is 31.2 Å². The van der Waals surface area contributed by atoms with Crippen LogP contribution in [0.1, 0.15) is 51.5 Å². The van der Waals surface area contributed by atoms with Crippen LogP contribution < -0.4 is 11.1 Å². The molecule has 1 aromatic rings. The van der Waals surface area contributed by atoms with Gasteiger partial charge < -0.3 is 15.8 Å².